The molecule has 0 aromatic carbocycles. The summed E-state index contributed by atoms with van der Waals surface area (Å²) in [6.45, 7) is 4.75. The van der Waals surface area contributed by atoms with Gasteiger partial charge in [-0.1, -0.05) is 6.92 Å². The van der Waals surface area contributed by atoms with E-state index in [4.69, 9.17) is 10.5 Å². The number of nitrogens with zero attached hydrogens (tertiary/aromatic N) is 2. The number of rotatable bonds is 7. The second kappa shape index (κ2) is 6.98. The lowest BCUT2D eigenvalue weighted by molar-refractivity contribution is -0.121. The number of carbonyl (C=O) groups is 1. The molecule has 0 fully saturated rings. The van der Waals surface area contributed by atoms with Gasteiger partial charge in [-0.05, 0) is 13.3 Å². The highest BCUT2D eigenvalue weighted by Gasteiger charge is 2.17. The summed E-state index contributed by atoms with van der Waals surface area (Å²) in [5.41, 5.74) is 7.42. The van der Waals surface area contributed by atoms with E-state index in [1.54, 1.807) is 25.8 Å². The fourth-order valence-corrected chi connectivity index (χ4v) is 1.73. The van der Waals surface area contributed by atoms with E-state index in [1.165, 1.54) is 0 Å². The topological polar surface area (TPSA) is 94.2 Å². The minimum atomic E-state index is -0.390. The number of nitrogen functional groups attached to an aromatic ring is 1. The van der Waals surface area contributed by atoms with Crippen molar-refractivity contribution in [3.63, 3.8) is 0 Å². The number of carbonyl (C=O) groups excluding carboxylic acids is 1. The minimum absolute atomic E-state index is 0.101. The van der Waals surface area contributed by atoms with Crippen molar-refractivity contribution >= 4 is 17.4 Å². The summed E-state index contributed by atoms with van der Waals surface area (Å²) in [4.78, 5) is 11.8. The average molecular weight is 269 g/mol. The van der Waals surface area contributed by atoms with Crippen LogP contribution in [0.2, 0.25) is 0 Å². The van der Waals surface area contributed by atoms with Crippen LogP contribution in [0, 0.1) is 0 Å². The van der Waals surface area contributed by atoms with Crippen molar-refractivity contribution in [2.24, 2.45) is 7.05 Å². The molecule has 1 unspecified atom stereocenters. The Balaban J connectivity index is 2.63. The molecule has 0 saturated heterocycles. The molecule has 4 N–H and O–H groups in total. The van der Waals surface area contributed by atoms with Gasteiger partial charge in [0, 0.05) is 20.7 Å². The molecule has 1 atom stereocenters. The first-order valence-corrected chi connectivity index (χ1v) is 6.35. The molecule has 0 bridgehead atoms. The number of ether oxygens (including phenoxy) is 1. The summed E-state index contributed by atoms with van der Waals surface area (Å²) in [6, 6.07) is -0.390. The largest absolute Gasteiger partial charge is 0.394 e. The molecule has 0 aliphatic carbocycles. The summed E-state index contributed by atoms with van der Waals surface area (Å²) < 4.78 is 6.54. The summed E-state index contributed by atoms with van der Waals surface area (Å²) in [6.07, 6.45) is 0.760. The van der Waals surface area contributed by atoms with Crippen LogP contribution in [0.3, 0.4) is 0 Å². The third kappa shape index (κ3) is 3.85. The zero-order valence-electron chi connectivity index (χ0n) is 12.0. The molecule has 19 heavy (non-hydrogen) atoms. The molecule has 1 aromatic heterocycles. The van der Waals surface area contributed by atoms with E-state index < -0.39 is 0 Å². The second-order valence-electron chi connectivity index (χ2n) is 4.34. The van der Waals surface area contributed by atoms with Crippen molar-refractivity contribution in [2.45, 2.75) is 26.3 Å². The van der Waals surface area contributed by atoms with Crippen molar-refractivity contribution in [3.8, 4) is 0 Å². The van der Waals surface area contributed by atoms with E-state index in [2.05, 4.69) is 15.7 Å². The maximum absolute atomic E-state index is 11.8. The van der Waals surface area contributed by atoms with E-state index in [0.717, 1.165) is 12.1 Å². The van der Waals surface area contributed by atoms with Gasteiger partial charge >= 0.3 is 0 Å². The molecule has 0 aliphatic heterocycles. The van der Waals surface area contributed by atoms with Gasteiger partial charge in [0.2, 0.25) is 5.91 Å². The van der Waals surface area contributed by atoms with Crippen LogP contribution in [-0.2, 0) is 23.0 Å². The zero-order valence-corrected chi connectivity index (χ0v) is 12.0. The first-order valence-electron chi connectivity index (χ1n) is 6.35. The second-order valence-corrected chi connectivity index (χ2v) is 4.34. The van der Waals surface area contributed by atoms with Gasteiger partial charge in [-0.25, -0.2) is 0 Å². The van der Waals surface area contributed by atoms with Crippen LogP contribution in [0.15, 0.2) is 0 Å². The Morgan fingerprint density at radius 2 is 2.26 bits per heavy atom. The smallest absolute Gasteiger partial charge is 0.242 e. The molecular weight excluding hydrogens is 246 g/mol. The number of nitrogens with one attached hydrogen (secondary N) is 2. The van der Waals surface area contributed by atoms with Crippen molar-refractivity contribution < 1.29 is 9.53 Å². The Bertz CT molecular complexity index is 430. The Labute approximate surface area is 113 Å². The van der Waals surface area contributed by atoms with Gasteiger partial charge in [0.1, 0.15) is 11.9 Å². The Kier molecular flexibility index (Phi) is 5.62. The third-order valence-corrected chi connectivity index (χ3v) is 2.85. The molecule has 7 heteroatoms. The van der Waals surface area contributed by atoms with Gasteiger partial charge in [0.05, 0.1) is 18.0 Å². The number of anilines is 2. The maximum atomic E-state index is 11.8. The fraction of sp³-hybridized carbons (Fsp3) is 0.667. The molecule has 1 amide bonds. The molecule has 1 aromatic rings. The highest BCUT2D eigenvalue weighted by atomic mass is 16.5. The number of methoxy groups -OCH3 is 1. The van der Waals surface area contributed by atoms with Crippen LogP contribution in [0.4, 0.5) is 11.5 Å². The maximum Gasteiger partial charge on any atom is 0.242 e. The minimum Gasteiger partial charge on any atom is -0.394 e. The van der Waals surface area contributed by atoms with E-state index in [0.29, 0.717) is 24.7 Å². The highest BCUT2D eigenvalue weighted by molar-refractivity contribution is 5.85. The van der Waals surface area contributed by atoms with Gasteiger partial charge in [-0.15, -0.1) is 0 Å². The molecule has 108 valence electrons. The lowest BCUT2D eigenvalue weighted by Crippen LogP contribution is -2.39. The Morgan fingerprint density at radius 1 is 1.58 bits per heavy atom. The molecule has 0 saturated carbocycles. The van der Waals surface area contributed by atoms with Crippen LogP contribution in [-0.4, -0.2) is 42.0 Å². The van der Waals surface area contributed by atoms with E-state index >= 15 is 0 Å². The lowest BCUT2D eigenvalue weighted by atomic mass is 10.2. The molecule has 1 rings (SSSR count). The first-order chi connectivity index (χ1) is 9.01. The van der Waals surface area contributed by atoms with Crippen molar-refractivity contribution in [2.75, 3.05) is 31.3 Å². The number of hydrogen-bond acceptors (Lipinski definition) is 5. The lowest BCUT2D eigenvalue weighted by Gasteiger charge is -2.15. The molecule has 7 nitrogen and oxygen atoms in total. The Morgan fingerprint density at radius 3 is 2.79 bits per heavy atom. The third-order valence-electron chi connectivity index (χ3n) is 2.85. The average Bonchev–Trinajstić information content (AvgIpc) is 2.66. The first kappa shape index (κ1) is 15.3. The normalized spacial score (nSPS) is 12.2. The number of hydrogen-bond donors (Lipinski definition) is 3. The van der Waals surface area contributed by atoms with Gasteiger partial charge in [0.25, 0.3) is 0 Å². The van der Waals surface area contributed by atoms with E-state index in [9.17, 15) is 4.79 Å². The van der Waals surface area contributed by atoms with Gasteiger partial charge in [-0.2, -0.15) is 5.10 Å². The quantitative estimate of drug-likeness (QED) is 0.612. The molecular formula is C12H23N5O2. The fourth-order valence-electron chi connectivity index (χ4n) is 1.73. The highest BCUT2D eigenvalue weighted by Crippen LogP contribution is 2.22. The predicted molar refractivity (Wildman–Crippen MR) is 75.0 cm³/mol. The molecule has 1 heterocycles. The monoisotopic (exact) mass is 269 g/mol. The van der Waals surface area contributed by atoms with Crippen LogP contribution < -0.4 is 16.4 Å². The number of nitrogens with two attached hydrogens (primary N) is 1. The number of aryl methyl sites for hydroxylation is 2. The van der Waals surface area contributed by atoms with Crippen LogP contribution in [0.1, 0.15) is 19.5 Å². The van der Waals surface area contributed by atoms with Gasteiger partial charge < -0.3 is 21.1 Å². The molecule has 0 spiro atoms. The standard InChI is InChI=1S/C12H23N5O2/c1-5-9-10(13)11(17(3)16-9)15-8(2)12(18)14-6-7-19-4/h8,15H,5-7,13H2,1-4H3,(H,14,18). The summed E-state index contributed by atoms with van der Waals surface area (Å²) in [7, 11) is 3.39. The van der Waals surface area contributed by atoms with Crippen LogP contribution in [0.25, 0.3) is 0 Å². The SMILES string of the molecule is CCc1nn(C)c(NC(C)C(=O)NCCOC)c1N. The number of amides is 1. The van der Waals surface area contributed by atoms with Gasteiger partial charge in [-0.3, -0.25) is 9.48 Å². The van der Waals surface area contributed by atoms with Crippen LogP contribution >= 0.6 is 0 Å². The van der Waals surface area contributed by atoms with Crippen LogP contribution in [0.5, 0.6) is 0 Å². The van der Waals surface area contributed by atoms with E-state index in [1.807, 2.05) is 6.92 Å². The summed E-state index contributed by atoms with van der Waals surface area (Å²) >= 11 is 0. The predicted octanol–water partition coefficient (Wildman–Crippen LogP) is 0.128. The van der Waals surface area contributed by atoms with Crippen molar-refractivity contribution in [3.05, 3.63) is 5.69 Å². The van der Waals surface area contributed by atoms with Gasteiger partial charge in [0.15, 0.2) is 0 Å². The molecule has 0 radical (unpaired) electrons. The van der Waals surface area contributed by atoms with E-state index in [-0.39, 0.29) is 11.9 Å². The summed E-state index contributed by atoms with van der Waals surface area (Å²) in [5.74, 6) is 0.571. The molecule has 0 aliphatic rings. The zero-order chi connectivity index (χ0) is 14.4. The van der Waals surface area contributed by atoms with Crippen molar-refractivity contribution in [1.29, 1.82) is 0 Å². The van der Waals surface area contributed by atoms with Crippen molar-refractivity contribution in [1.82, 2.24) is 15.1 Å². The Hall–Kier alpha value is -1.76. The number of aromatic nitrogens is 2. The summed E-state index contributed by atoms with van der Waals surface area (Å²) in [5, 5.41) is 10.1.